The van der Waals surface area contributed by atoms with E-state index in [9.17, 15) is 14.4 Å². The Kier molecular flexibility index (Phi) is 6.47. The molecule has 0 fully saturated rings. The molecule has 172 valence electrons. The molecule has 7 nitrogen and oxygen atoms in total. The fraction of sp³-hybridized carbons (Fsp3) is 0.154. The first-order valence-electron chi connectivity index (χ1n) is 10.5. The van der Waals surface area contributed by atoms with Gasteiger partial charge >= 0.3 is 0 Å². The number of carbonyl (C=O) groups excluding carboxylic acids is 2. The van der Waals surface area contributed by atoms with Gasteiger partial charge in [-0.2, -0.15) is 0 Å². The number of halogens is 1. The summed E-state index contributed by atoms with van der Waals surface area (Å²) in [7, 11) is 1.50. The van der Waals surface area contributed by atoms with Crippen molar-refractivity contribution in [3.63, 3.8) is 0 Å². The van der Waals surface area contributed by atoms with Crippen LogP contribution in [0.25, 0.3) is 11.0 Å². The van der Waals surface area contributed by atoms with Crippen molar-refractivity contribution in [3.05, 3.63) is 98.4 Å². The van der Waals surface area contributed by atoms with E-state index >= 15 is 0 Å². The van der Waals surface area contributed by atoms with E-state index in [1.54, 1.807) is 55.5 Å². The van der Waals surface area contributed by atoms with Crippen LogP contribution in [-0.4, -0.2) is 28.4 Å². The van der Waals surface area contributed by atoms with E-state index in [1.165, 1.54) is 17.9 Å². The molecule has 0 aliphatic rings. The van der Waals surface area contributed by atoms with Crippen molar-refractivity contribution in [1.29, 1.82) is 0 Å². The lowest BCUT2D eigenvalue weighted by Crippen LogP contribution is -2.25. The molecule has 0 bridgehead atoms. The van der Waals surface area contributed by atoms with Gasteiger partial charge in [0.25, 0.3) is 0 Å². The summed E-state index contributed by atoms with van der Waals surface area (Å²) < 4.78 is 6.70. The highest BCUT2D eigenvalue weighted by molar-refractivity contribution is 6.33. The molecule has 0 saturated carbocycles. The van der Waals surface area contributed by atoms with Gasteiger partial charge in [-0.3, -0.25) is 14.4 Å². The summed E-state index contributed by atoms with van der Waals surface area (Å²) in [5, 5.41) is 3.44. The first-order valence-corrected chi connectivity index (χ1v) is 10.9. The minimum absolute atomic E-state index is 0.0624. The summed E-state index contributed by atoms with van der Waals surface area (Å²) in [6.07, 6.45) is 1.38. The monoisotopic (exact) mass is 475 g/mol. The van der Waals surface area contributed by atoms with E-state index in [2.05, 4.69) is 10.3 Å². The van der Waals surface area contributed by atoms with Crippen molar-refractivity contribution in [1.82, 2.24) is 9.55 Å². The molecule has 0 atom stereocenters. The van der Waals surface area contributed by atoms with E-state index in [0.717, 1.165) is 5.56 Å². The standard InChI is InChI=1S/C26H22ClN3O4/c1-15-7-10-22(21(27)11-15)29-23(31)14-30-13-20(24(32)17-5-4-6-18(12-17)34-3)25(33)19-9-8-16(2)28-26(19)30/h4-13H,14H2,1-3H3,(H,29,31). The van der Waals surface area contributed by atoms with E-state index in [1.807, 2.05) is 13.0 Å². The molecule has 8 heteroatoms. The van der Waals surface area contributed by atoms with Gasteiger partial charge in [0, 0.05) is 17.5 Å². The summed E-state index contributed by atoms with van der Waals surface area (Å²) in [4.78, 5) is 43.8. The summed E-state index contributed by atoms with van der Waals surface area (Å²) in [6, 6.07) is 15.2. The molecule has 0 saturated heterocycles. The number of rotatable bonds is 6. The van der Waals surface area contributed by atoms with Gasteiger partial charge in [-0.1, -0.05) is 29.8 Å². The smallest absolute Gasteiger partial charge is 0.244 e. The van der Waals surface area contributed by atoms with Gasteiger partial charge in [-0.25, -0.2) is 4.98 Å². The number of nitrogens with zero attached hydrogens (tertiary/aromatic N) is 2. The Labute approximate surface area is 201 Å². The first kappa shape index (κ1) is 23.2. The van der Waals surface area contributed by atoms with Crippen LogP contribution in [0.2, 0.25) is 5.02 Å². The zero-order chi connectivity index (χ0) is 24.4. The number of aromatic nitrogens is 2. The molecule has 0 aliphatic carbocycles. The second kappa shape index (κ2) is 9.49. The average molecular weight is 476 g/mol. The number of hydrogen-bond acceptors (Lipinski definition) is 5. The van der Waals surface area contributed by atoms with Crippen molar-refractivity contribution < 1.29 is 14.3 Å². The molecule has 1 amide bonds. The maximum absolute atomic E-state index is 13.2. The number of carbonyl (C=O) groups is 2. The SMILES string of the molecule is COc1cccc(C(=O)c2cn(CC(=O)Nc3ccc(C)cc3Cl)c3nc(C)ccc3c2=O)c1. The lowest BCUT2D eigenvalue weighted by molar-refractivity contribution is -0.116. The third kappa shape index (κ3) is 4.70. The Morgan fingerprint density at radius 2 is 1.88 bits per heavy atom. The van der Waals surface area contributed by atoms with E-state index < -0.39 is 11.2 Å². The van der Waals surface area contributed by atoms with Crippen LogP contribution in [0.5, 0.6) is 5.75 Å². The number of fused-ring (bicyclic) bond motifs is 1. The lowest BCUT2D eigenvalue weighted by Gasteiger charge is -2.14. The van der Waals surface area contributed by atoms with Crippen LogP contribution in [0.3, 0.4) is 0 Å². The fourth-order valence-corrected chi connectivity index (χ4v) is 3.91. The van der Waals surface area contributed by atoms with Crippen LogP contribution in [0, 0.1) is 13.8 Å². The van der Waals surface area contributed by atoms with Crippen molar-refractivity contribution in [2.75, 3.05) is 12.4 Å². The van der Waals surface area contributed by atoms with E-state index in [4.69, 9.17) is 16.3 Å². The molecule has 2 aromatic heterocycles. The number of pyridine rings is 2. The van der Waals surface area contributed by atoms with Crippen molar-refractivity contribution in [3.8, 4) is 5.75 Å². The molecule has 2 heterocycles. The maximum Gasteiger partial charge on any atom is 0.244 e. The zero-order valence-electron chi connectivity index (χ0n) is 18.9. The summed E-state index contributed by atoms with van der Waals surface area (Å²) >= 11 is 6.24. The Hall–Kier alpha value is -3.97. The number of amides is 1. The van der Waals surface area contributed by atoms with Gasteiger partial charge in [-0.15, -0.1) is 0 Å². The minimum Gasteiger partial charge on any atom is -0.497 e. The summed E-state index contributed by atoms with van der Waals surface area (Å²) in [6.45, 7) is 3.52. The van der Waals surface area contributed by atoms with E-state index in [-0.39, 0.29) is 23.4 Å². The van der Waals surface area contributed by atoms with Gasteiger partial charge in [0.15, 0.2) is 5.78 Å². The predicted molar refractivity (Wildman–Crippen MR) is 132 cm³/mol. The number of ketones is 1. The number of aryl methyl sites for hydroxylation is 2. The van der Waals surface area contributed by atoms with Gasteiger partial charge in [0.1, 0.15) is 17.9 Å². The molecule has 4 aromatic rings. The van der Waals surface area contributed by atoms with E-state index in [0.29, 0.717) is 33.4 Å². The molecular formula is C26H22ClN3O4. The molecule has 0 spiro atoms. The van der Waals surface area contributed by atoms with Gasteiger partial charge < -0.3 is 14.6 Å². The Balaban J connectivity index is 1.76. The number of anilines is 1. The normalized spacial score (nSPS) is 10.8. The molecule has 34 heavy (non-hydrogen) atoms. The lowest BCUT2D eigenvalue weighted by atomic mass is 10.0. The van der Waals surface area contributed by atoms with Crippen molar-refractivity contribution in [2.45, 2.75) is 20.4 Å². The van der Waals surface area contributed by atoms with Crippen molar-refractivity contribution in [2.24, 2.45) is 0 Å². The number of benzene rings is 2. The highest BCUT2D eigenvalue weighted by atomic mass is 35.5. The average Bonchev–Trinajstić information content (AvgIpc) is 2.82. The molecular weight excluding hydrogens is 454 g/mol. The number of nitrogens with one attached hydrogen (secondary N) is 1. The topological polar surface area (TPSA) is 90.3 Å². The molecule has 0 aliphatic heterocycles. The summed E-state index contributed by atoms with van der Waals surface area (Å²) in [5.41, 5.74) is 2.22. The molecule has 1 N–H and O–H groups in total. The van der Waals surface area contributed by atoms with Crippen LogP contribution in [0.15, 0.2) is 65.6 Å². The Morgan fingerprint density at radius 3 is 2.62 bits per heavy atom. The van der Waals surface area contributed by atoms with Crippen LogP contribution in [0.4, 0.5) is 5.69 Å². The number of ether oxygens (including phenoxy) is 1. The van der Waals surface area contributed by atoms with Crippen LogP contribution < -0.4 is 15.5 Å². The second-order valence-electron chi connectivity index (χ2n) is 7.92. The third-order valence-corrected chi connectivity index (χ3v) is 5.66. The summed E-state index contributed by atoms with van der Waals surface area (Å²) in [5.74, 6) is -0.348. The number of methoxy groups -OCH3 is 1. The van der Waals surface area contributed by atoms with Crippen LogP contribution >= 0.6 is 11.6 Å². The molecule has 4 rings (SSSR count). The highest BCUT2D eigenvalue weighted by Gasteiger charge is 2.20. The van der Waals surface area contributed by atoms with Crippen LogP contribution in [0.1, 0.15) is 27.2 Å². The molecule has 2 aromatic carbocycles. The van der Waals surface area contributed by atoms with Crippen LogP contribution in [-0.2, 0) is 11.3 Å². The van der Waals surface area contributed by atoms with Crippen molar-refractivity contribution >= 4 is 40.0 Å². The quantitative estimate of drug-likeness (QED) is 0.413. The largest absolute Gasteiger partial charge is 0.497 e. The maximum atomic E-state index is 13.2. The van der Waals surface area contributed by atoms with Gasteiger partial charge in [0.05, 0.1) is 28.8 Å². The molecule has 0 radical (unpaired) electrons. The van der Waals surface area contributed by atoms with Gasteiger partial charge in [-0.05, 0) is 55.8 Å². The van der Waals surface area contributed by atoms with Gasteiger partial charge in [0.2, 0.25) is 11.3 Å². The second-order valence-corrected chi connectivity index (χ2v) is 8.32. The highest BCUT2D eigenvalue weighted by Crippen LogP contribution is 2.23. The molecule has 0 unspecified atom stereocenters. The Bertz CT molecular complexity index is 1490. The Morgan fingerprint density at radius 1 is 1.09 bits per heavy atom. The fourth-order valence-electron chi connectivity index (χ4n) is 3.63. The third-order valence-electron chi connectivity index (χ3n) is 5.35. The number of hydrogen-bond donors (Lipinski definition) is 1. The predicted octanol–water partition coefficient (Wildman–Crippen LogP) is 4.55. The first-order chi connectivity index (χ1) is 16.3. The zero-order valence-corrected chi connectivity index (χ0v) is 19.6. The minimum atomic E-state index is -0.470.